The van der Waals surface area contributed by atoms with Crippen LogP contribution in [0, 0.1) is 0 Å². The minimum absolute atomic E-state index is 0.327. The Morgan fingerprint density at radius 2 is 1.68 bits per heavy atom. The summed E-state index contributed by atoms with van der Waals surface area (Å²) in [5.41, 5.74) is 6.11. The fraction of sp³-hybridized carbons (Fsp3) is 0.444. The average Bonchev–Trinajstić information content (AvgIpc) is 2.36. The van der Waals surface area contributed by atoms with Gasteiger partial charge >= 0.3 is 0 Å². The van der Waals surface area contributed by atoms with Crippen molar-refractivity contribution in [2.24, 2.45) is 0 Å². The Bertz CT molecular complexity index is 419. The molecule has 0 rings (SSSR count). The molecule has 0 aliphatic carbocycles. The van der Waals surface area contributed by atoms with E-state index in [1.807, 2.05) is 20.9 Å². The van der Waals surface area contributed by atoms with E-state index < -0.39 is 0 Å². The van der Waals surface area contributed by atoms with E-state index in [9.17, 15) is 0 Å². The molecule has 1 N–H and O–H groups in total. The van der Waals surface area contributed by atoms with E-state index in [1.54, 1.807) is 0 Å². The molecule has 0 aliphatic heterocycles. The van der Waals surface area contributed by atoms with Gasteiger partial charge < -0.3 is 5.32 Å². The van der Waals surface area contributed by atoms with Gasteiger partial charge in [0.05, 0.1) is 0 Å². The van der Waals surface area contributed by atoms with E-state index in [4.69, 9.17) is 0 Å². The molecular weight excluding hydrogens is 230 g/mol. The lowest BCUT2D eigenvalue weighted by Crippen LogP contribution is -2.26. The van der Waals surface area contributed by atoms with E-state index in [0.717, 1.165) is 12.0 Å². The van der Waals surface area contributed by atoms with Crippen LogP contribution in [0.1, 0.15) is 41.0 Å². The SMILES string of the molecule is C=C(C)C(/C=C(C)\C(=C\C)CC(NC)C(=C)C)=C/C. The number of rotatable bonds is 7. The van der Waals surface area contributed by atoms with E-state index in [2.05, 4.69) is 57.5 Å². The zero-order valence-corrected chi connectivity index (χ0v) is 13.4. The average molecular weight is 259 g/mol. The number of likely N-dealkylation sites (N-methyl/N-ethyl adjacent to an activating group) is 1. The molecule has 0 saturated heterocycles. The van der Waals surface area contributed by atoms with Crippen LogP contribution in [-0.2, 0) is 0 Å². The molecule has 0 saturated carbocycles. The molecule has 106 valence electrons. The van der Waals surface area contributed by atoms with Crippen molar-refractivity contribution in [3.63, 3.8) is 0 Å². The van der Waals surface area contributed by atoms with Crippen LogP contribution in [-0.4, -0.2) is 13.1 Å². The highest BCUT2D eigenvalue weighted by Gasteiger charge is 2.10. The summed E-state index contributed by atoms with van der Waals surface area (Å²) in [4.78, 5) is 0. The molecule has 0 aromatic rings. The Labute approximate surface area is 119 Å². The van der Waals surface area contributed by atoms with Crippen molar-refractivity contribution in [3.8, 4) is 0 Å². The minimum atomic E-state index is 0.327. The van der Waals surface area contributed by atoms with E-state index in [1.165, 1.54) is 22.3 Å². The van der Waals surface area contributed by atoms with Gasteiger partial charge in [0.15, 0.2) is 0 Å². The first kappa shape index (κ1) is 17.7. The van der Waals surface area contributed by atoms with Crippen LogP contribution in [0.15, 0.2) is 59.3 Å². The second kappa shape index (κ2) is 8.71. The van der Waals surface area contributed by atoms with Crippen LogP contribution in [0.25, 0.3) is 0 Å². The second-order valence-electron chi connectivity index (χ2n) is 5.06. The van der Waals surface area contributed by atoms with Crippen LogP contribution < -0.4 is 5.32 Å². The lowest BCUT2D eigenvalue weighted by Gasteiger charge is -2.19. The van der Waals surface area contributed by atoms with E-state index >= 15 is 0 Å². The Hall–Kier alpha value is -1.34. The molecule has 0 spiro atoms. The van der Waals surface area contributed by atoms with Crippen molar-refractivity contribution in [1.29, 1.82) is 0 Å². The summed E-state index contributed by atoms with van der Waals surface area (Å²) in [6.07, 6.45) is 7.47. The first-order valence-corrected chi connectivity index (χ1v) is 6.86. The van der Waals surface area contributed by atoms with Crippen molar-refractivity contribution < 1.29 is 0 Å². The third kappa shape index (κ3) is 5.89. The molecule has 1 nitrogen and oxygen atoms in total. The van der Waals surface area contributed by atoms with Gasteiger partial charge in [0.1, 0.15) is 0 Å². The van der Waals surface area contributed by atoms with Crippen molar-refractivity contribution in [1.82, 2.24) is 5.32 Å². The zero-order chi connectivity index (χ0) is 15.0. The van der Waals surface area contributed by atoms with Crippen LogP contribution in [0.2, 0.25) is 0 Å². The van der Waals surface area contributed by atoms with Crippen LogP contribution in [0.4, 0.5) is 0 Å². The van der Waals surface area contributed by atoms with E-state index in [0.29, 0.717) is 6.04 Å². The lowest BCUT2D eigenvalue weighted by atomic mass is 9.94. The molecule has 1 heteroatoms. The largest absolute Gasteiger partial charge is 0.313 e. The maximum Gasteiger partial charge on any atom is 0.0311 e. The summed E-state index contributed by atoms with van der Waals surface area (Å²) in [7, 11) is 1.98. The predicted molar refractivity (Wildman–Crippen MR) is 88.4 cm³/mol. The van der Waals surface area contributed by atoms with Crippen molar-refractivity contribution in [2.75, 3.05) is 7.05 Å². The molecule has 0 fully saturated rings. The number of hydrogen-bond donors (Lipinski definition) is 1. The van der Waals surface area contributed by atoms with E-state index in [-0.39, 0.29) is 0 Å². The molecular formula is C18H29N. The number of nitrogens with one attached hydrogen (secondary N) is 1. The topological polar surface area (TPSA) is 12.0 Å². The summed E-state index contributed by atoms with van der Waals surface area (Å²) in [6.45, 7) is 18.5. The Balaban J connectivity index is 5.13. The second-order valence-corrected chi connectivity index (χ2v) is 5.06. The number of hydrogen-bond acceptors (Lipinski definition) is 1. The normalized spacial score (nSPS) is 15.4. The summed E-state index contributed by atoms with van der Waals surface area (Å²) in [6, 6.07) is 0.327. The molecule has 0 aliphatic rings. The Morgan fingerprint density at radius 3 is 2.00 bits per heavy atom. The number of allylic oxidation sites excluding steroid dienone is 6. The molecule has 0 aromatic carbocycles. The first-order chi connectivity index (χ1) is 8.87. The van der Waals surface area contributed by atoms with Crippen LogP contribution in [0.5, 0.6) is 0 Å². The van der Waals surface area contributed by atoms with Gasteiger partial charge in [-0.1, -0.05) is 42.5 Å². The van der Waals surface area contributed by atoms with Crippen molar-refractivity contribution in [3.05, 3.63) is 59.3 Å². The zero-order valence-electron chi connectivity index (χ0n) is 13.4. The summed E-state index contributed by atoms with van der Waals surface area (Å²) < 4.78 is 0. The molecule has 1 unspecified atom stereocenters. The quantitative estimate of drug-likeness (QED) is 0.503. The van der Waals surface area contributed by atoms with Gasteiger partial charge in [-0.25, -0.2) is 0 Å². The standard InChI is InChI=1S/C18H29N/c1-9-16(13(3)4)11-15(7)17(10-2)12-18(19-8)14(5)6/h9-11,18-19H,3,5,12H2,1-2,4,6-8H3/b15-11-,16-9+,17-10+. The fourth-order valence-electron chi connectivity index (χ4n) is 2.03. The first-order valence-electron chi connectivity index (χ1n) is 6.86. The maximum atomic E-state index is 4.04. The third-order valence-corrected chi connectivity index (χ3v) is 3.40. The fourth-order valence-corrected chi connectivity index (χ4v) is 2.03. The van der Waals surface area contributed by atoms with Gasteiger partial charge in [-0.3, -0.25) is 0 Å². The highest BCUT2D eigenvalue weighted by Crippen LogP contribution is 2.21. The molecule has 0 bridgehead atoms. The van der Waals surface area contributed by atoms with Gasteiger partial charge in [-0.2, -0.15) is 0 Å². The van der Waals surface area contributed by atoms with Crippen molar-refractivity contribution in [2.45, 2.75) is 47.1 Å². The monoisotopic (exact) mass is 259 g/mol. The summed E-state index contributed by atoms with van der Waals surface area (Å²) in [5.74, 6) is 0. The van der Waals surface area contributed by atoms with Gasteiger partial charge in [-0.05, 0) is 64.8 Å². The molecule has 0 heterocycles. The molecule has 0 aromatic heterocycles. The van der Waals surface area contributed by atoms with Crippen LogP contribution in [0.3, 0.4) is 0 Å². The maximum absolute atomic E-state index is 4.04. The van der Waals surface area contributed by atoms with Crippen molar-refractivity contribution >= 4 is 0 Å². The van der Waals surface area contributed by atoms with Gasteiger partial charge in [0.2, 0.25) is 0 Å². The van der Waals surface area contributed by atoms with Gasteiger partial charge in [0, 0.05) is 6.04 Å². The molecule has 19 heavy (non-hydrogen) atoms. The van der Waals surface area contributed by atoms with Gasteiger partial charge in [-0.15, -0.1) is 0 Å². The highest BCUT2D eigenvalue weighted by atomic mass is 14.9. The lowest BCUT2D eigenvalue weighted by molar-refractivity contribution is 0.632. The highest BCUT2D eigenvalue weighted by molar-refractivity contribution is 5.43. The smallest absolute Gasteiger partial charge is 0.0311 e. The Morgan fingerprint density at radius 1 is 1.11 bits per heavy atom. The predicted octanol–water partition coefficient (Wildman–Crippen LogP) is 4.96. The Kier molecular flexibility index (Phi) is 8.09. The minimum Gasteiger partial charge on any atom is -0.313 e. The third-order valence-electron chi connectivity index (χ3n) is 3.40. The molecule has 0 amide bonds. The van der Waals surface area contributed by atoms with Crippen LogP contribution >= 0.6 is 0 Å². The molecule has 0 radical (unpaired) electrons. The summed E-state index contributed by atoms with van der Waals surface area (Å²) in [5, 5.41) is 3.31. The van der Waals surface area contributed by atoms with Gasteiger partial charge in [0.25, 0.3) is 0 Å². The summed E-state index contributed by atoms with van der Waals surface area (Å²) >= 11 is 0. The molecule has 1 atom stereocenters.